The van der Waals surface area contributed by atoms with Crippen LogP contribution >= 0.6 is 0 Å². The highest BCUT2D eigenvalue weighted by atomic mass is 32.2. The third-order valence-electron chi connectivity index (χ3n) is 6.27. The molecule has 3 aromatic carbocycles. The highest BCUT2D eigenvalue weighted by Crippen LogP contribution is 2.41. The number of nitrogens with one attached hydrogen (secondary N) is 1. The molecule has 1 unspecified atom stereocenters. The molecule has 0 spiro atoms. The minimum absolute atomic E-state index is 0.0592. The smallest absolute Gasteiger partial charge is 0.264 e. The molecule has 0 saturated carbocycles. The number of ether oxygens (including phenoxy) is 3. The summed E-state index contributed by atoms with van der Waals surface area (Å²) < 4.78 is 45.1. The maximum Gasteiger partial charge on any atom is 0.264 e. The number of amides is 1. The number of sulfonamides is 1. The summed E-state index contributed by atoms with van der Waals surface area (Å²) >= 11 is 0. The summed E-state index contributed by atoms with van der Waals surface area (Å²) in [5.41, 5.74) is 1.63. The SMILES string of the molecule is COc1ccc(S(=O)(=O)N(CC(=O)NC2CC(C)(C)Oc3ccc(OC)cc32)c2ccc(C)cc2)cc1. The van der Waals surface area contributed by atoms with Crippen molar-refractivity contribution < 1.29 is 27.4 Å². The largest absolute Gasteiger partial charge is 0.497 e. The van der Waals surface area contributed by atoms with E-state index in [-0.39, 0.29) is 10.9 Å². The Morgan fingerprint density at radius 3 is 2.24 bits per heavy atom. The number of rotatable bonds is 8. The zero-order valence-electron chi connectivity index (χ0n) is 21.6. The minimum atomic E-state index is -4.05. The van der Waals surface area contributed by atoms with Gasteiger partial charge in [-0.05, 0) is 75.4 Å². The van der Waals surface area contributed by atoms with E-state index in [1.54, 1.807) is 37.4 Å². The van der Waals surface area contributed by atoms with Crippen LogP contribution in [-0.2, 0) is 14.8 Å². The van der Waals surface area contributed by atoms with Crippen LogP contribution in [0.4, 0.5) is 5.69 Å². The maximum absolute atomic E-state index is 13.7. The van der Waals surface area contributed by atoms with Crippen LogP contribution in [0.3, 0.4) is 0 Å². The van der Waals surface area contributed by atoms with Crippen LogP contribution in [0.5, 0.6) is 17.2 Å². The quantitative estimate of drug-likeness (QED) is 0.462. The summed E-state index contributed by atoms with van der Waals surface area (Å²) in [4.78, 5) is 13.5. The Kier molecular flexibility index (Phi) is 7.36. The van der Waals surface area contributed by atoms with Crippen LogP contribution in [-0.4, -0.2) is 40.7 Å². The molecule has 0 aliphatic carbocycles. The first-order valence-corrected chi connectivity index (χ1v) is 13.4. The lowest BCUT2D eigenvalue weighted by molar-refractivity contribution is -0.120. The average molecular weight is 525 g/mol. The van der Waals surface area contributed by atoms with E-state index in [4.69, 9.17) is 14.2 Å². The topological polar surface area (TPSA) is 94.2 Å². The van der Waals surface area contributed by atoms with E-state index in [2.05, 4.69) is 5.32 Å². The first-order valence-electron chi connectivity index (χ1n) is 11.9. The predicted octanol–water partition coefficient (Wildman–Crippen LogP) is 4.63. The van der Waals surface area contributed by atoms with Crippen molar-refractivity contribution in [1.82, 2.24) is 5.32 Å². The molecule has 1 aliphatic heterocycles. The van der Waals surface area contributed by atoms with Gasteiger partial charge >= 0.3 is 0 Å². The molecule has 4 rings (SSSR count). The van der Waals surface area contributed by atoms with Crippen LogP contribution < -0.4 is 23.8 Å². The fraction of sp³-hybridized carbons (Fsp3) is 0.321. The second kappa shape index (κ2) is 10.3. The fourth-order valence-corrected chi connectivity index (χ4v) is 5.78. The number of methoxy groups -OCH3 is 2. The van der Waals surface area contributed by atoms with Crippen molar-refractivity contribution in [1.29, 1.82) is 0 Å². The molecule has 8 nitrogen and oxygen atoms in total. The van der Waals surface area contributed by atoms with Crippen molar-refractivity contribution >= 4 is 21.6 Å². The van der Waals surface area contributed by atoms with Gasteiger partial charge in [0.1, 0.15) is 29.4 Å². The molecule has 0 radical (unpaired) electrons. The Hall–Kier alpha value is -3.72. The monoisotopic (exact) mass is 524 g/mol. The van der Waals surface area contributed by atoms with Crippen molar-refractivity contribution in [3.63, 3.8) is 0 Å². The van der Waals surface area contributed by atoms with Crippen molar-refractivity contribution in [2.24, 2.45) is 0 Å². The number of fused-ring (bicyclic) bond motifs is 1. The maximum atomic E-state index is 13.7. The number of anilines is 1. The molecule has 1 atom stereocenters. The molecular formula is C28H32N2O6S. The Bertz CT molecular complexity index is 1370. The first kappa shape index (κ1) is 26.3. The second-order valence-electron chi connectivity index (χ2n) is 9.61. The Morgan fingerprint density at radius 2 is 1.62 bits per heavy atom. The van der Waals surface area contributed by atoms with Crippen LogP contribution in [0, 0.1) is 6.92 Å². The first-order chi connectivity index (χ1) is 17.5. The molecule has 0 fully saturated rings. The Balaban J connectivity index is 1.65. The van der Waals surface area contributed by atoms with Gasteiger partial charge in [-0.1, -0.05) is 17.7 Å². The molecule has 1 N–H and O–H groups in total. The number of carbonyl (C=O) groups is 1. The molecule has 196 valence electrons. The lowest BCUT2D eigenvalue weighted by Gasteiger charge is -2.38. The van der Waals surface area contributed by atoms with Gasteiger partial charge in [0.05, 0.1) is 30.8 Å². The number of aryl methyl sites for hydroxylation is 1. The van der Waals surface area contributed by atoms with Gasteiger partial charge in [0.15, 0.2) is 0 Å². The number of hydrogen-bond acceptors (Lipinski definition) is 6. The fourth-order valence-electron chi connectivity index (χ4n) is 4.36. The van der Waals surface area contributed by atoms with E-state index >= 15 is 0 Å². The van der Waals surface area contributed by atoms with Crippen molar-refractivity contribution in [3.05, 3.63) is 77.9 Å². The summed E-state index contributed by atoms with van der Waals surface area (Å²) in [6.45, 7) is 5.42. The molecule has 1 heterocycles. The molecule has 0 aromatic heterocycles. The normalized spacial score (nSPS) is 16.2. The highest BCUT2D eigenvalue weighted by Gasteiger charge is 2.36. The Morgan fingerprint density at radius 1 is 1.00 bits per heavy atom. The molecule has 0 bridgehead atoms. The van der Waals surface area contributed by atoms with Crippen LogP contribution in [0.25, 0.3) is 0 Å². The third kappa shape index (κ3) is 5.83. The minimum Gasteiger partial charge on any atom is -0.497 e. The molecule has 3 aromatic rings. The van der Waals surface area contributed by atoms with E-state index in [0.717, 1.165) is 15.4 Å². The molecule has 1 aliphatic rings. The van der Waals surface area contributed by atoms with Crippen molar-refractivity contribution in [2.45, 2.75) is 43.7 Å². The number of benzene rings is 3. The van der Waals surface area contributed by atoms with Gasteiger partial charge in [0, 0.05) is 12.0 Å². The number of carbonyl (C=O) groups excluding carboxylic acids is 1. The van der Waals surface area contributed by atoms with Crippen molar-refractivity contribution in [3.8, 4) is 17.2 Å². The van der Waals surface area contributed by atoms with Crippen molar-refractivity contribution in [2.75, 3.05) is 25.1 Å². The molecule has 1 amide bonds. The summed E-state index contributed by atoms with van der Waals surface area (Å²) in [6.07, 6.45) is 0.509. The van der Waals surface area contributed by atoms with Gasteiger partial charge in [0.25, 0.3) is 10.0 Å². The van der Waals surface area contributed by atoms with Crippen LogP contribution in [0.15, 0.2) is 71.6 Å². The molecule has 9 heteroatoms. The van der Waals surface area contributed by atoms with E-state index in [0.29, 0.717) is 29.4 Å². The molecule has 0 saturated heterocycles. The Labute approximate surface area is 218 Å². The lowest BCUT2D eigenvalue weighted by Crippen LogP contribution is -2.45. The molecular weight excluding hydrogens is 492 g/mol. The number of nitrogens with zero attached hydrogens (tertiary/aromatic N) is 1. The van der Waals surface area contributed by atoms with Gasteiger partial charge in [-0.3, -0.25) is 9.10 Å². The van der Waals surface area contributed by atoms with Gasteiger partial charge in [-0.2, -0.15) is 0 Å². The number of hydrogen-bond donors (Lipinski definition) is 1. The summed E-state index contributed by atoms with van der Waals surface area (Å²) in [5.74, 6) is 1.40. The van der Waals surface area contributed by atoms with Crippen LogP contribution in [0.1, 0.15) is 37.4 Å². The van der Waals surface area contributed by atoms with Gasteiger partial charge in [0.2, 0.25) is 5.91 Å². The summed E-state index contributed by atoms with van der Waals surface area (Å²) in [6, 6.07) is 18.2. The van der Waals surface area contributed by atoms with E-state index in [1.807, 2.05) is 45.0 Å². The summed E-state index contributed by atoms with van der Waals surface area (Å²) in [5, 5.41) is 3.03. The van der Waals surface area contributed by atoms with Crippen LogP contribution in [0.2, 0.25) is 0 Å². The van der Waals surface area contributed by atoms with E-state index in [1.165, 1.54) is 19.2 Å². The van der Waals surface area contributed by atoms with E-state index < -0.39 is 28.1 Å². The average Bonchev–Trinajstić information content (AvgIpc) is 2.87. The van der Waals surface area contributed by atoms with Gasteiger partial charge in [-0.25, -0.2) is 8.42 Å². The predicted molar refractivity (Wildman–Crippen MR) is 142 cm³/mol. The third-order valence-corrected chi connectivity index (χ3v) is 8.05. The summed E-state index contributed by atoms with van der Waals surface area (Å²) in [7, 11) is -0.962. The molecule has 37 heavy (non-hydrogen) atoms. The second-order valence-corrected chi connectivity index (χ2v) is 11.5. The zero-order valence-corrected chi connectivity index (χ0v) is 22.5. The highest BCUT2D eigenvalue weighted by molar-refractivity contribution is 7.92. The zero-order chi connectivity index (χ0) is 26.8. The van der Waals surface area contributed by atoms with E-state index in [9.17, 15) is 13.2 Å². The standard InChI is InChI=1S/C28H32N2O6S/c1-19-6-8-20(9-7-19)30(37(32,33)23-13-10-21(34-4)11-14-23)18-27(31)29-25-17-28(2,3)36-26-15-12-22(35-5)16-24(25)26/h6-16,25H,17-18H2,1-5H3,(H,29,31). The van der Waals surface area contributed by atoms with Gasteiger partial charge < -0.3 is 19.5 Å². The lowest BCUT2D eigenvalue weighted by atomic mass is 9.89. The van der Waals surface area contributed by atoms with Gasteiger partial charge in [-0.15, -0.1) is 0 Å².